The molecule has 2 aromatic heterocycles. The Kier molecular flexibility index (Phi) is 9.60. The number of phenols is 1. The van der Waals surface area contributed by atoms with Crippen LogP contribution >= 0.6 is 11.6 Å². The van der Waals surface area contributed by atoms with Crippen LogP contribution in [0.15, 0.2) is 65.9 Å². The van der Waals surface area contributed by atoms with Gasteiger partial charge in [-0.05, 0) is 66.9 Å². The van der Waals surface area contributed by atoms with E-state index in [4.69, 9.17) is 16.3 Å². The highest BCUT2D eigenvalue weighted by molar-refractivity contribution is 6.31. The zero-order valence-electron chi connectivity index (χ0n) is 21.6. The van der Waals surface area contributed by atoms with E-state index in [1.165, 1.54) is 6.21 Å². The molecule has 9 nitrogen and oxygen atoms in total. The second kappa shape index (κ2) is 13.5. The van der Waals surface area contributed by atoms with Crippen LogP contribution in [0.3, 0.4) is 0 Å². The van der Waals surface area contributed by atoms with Crippen LogP contribution < -0.4 is 16.1 Å². The molecule has 0 aliphatic carbocycles. The number of anilines is 4. The maximum atomic E-state index is 14.0. The molecule has 2 aromatic carbocycles. The number of aromatic nitrogens is 3. The lowest BCUT2D eigenvalue weighted by atomic mass is 10.0. The minimum atomic E-state index is -0.563. The van der Waals surface area contributed by atoms with E-state index < -0.39 is 5.82 Å². The lowest BCUT2D eigenvalue weighted by Gasteiger charge is -2.13. The molecule has 0 saturated carbocycles. The second-order valence-electron chi connectivity index (χ2n) is 8.37. The van der Waals surface area contributed by atoms with E-state index in [0.717, 1.165) is 34.4 Å². The van der Waals surface area contributed by atoms with Gasteiger partial charge < -0.3 is 20.5 Å². The van der Waals surface area contributed by atoms with Gasteiger partial charge in [-0.15, -0.1) is 0 Å². The summed E-state index contributed by atoms with van der Waals surface area (Å²) < 4.78 is 19.2. The van der Waals surface area contributed by atoms with Crippen LogP contribution in [0.1, 0.15) is 25.2 Å². The molecule has 4 N–H and O–H groups in total. The largest absolute Gasteiger partial charge is 0.508 e. The molecule has 39 heavy (non-hydrogen) atoms. The second-order valence-corrected chi connectivity index (χ2v) is 8.81. The molecule has 0 aliphatic rings. The summed E-state index contributed by atoms with van der Waals surface area (Å²) in [7, 11) is 0. The first kappa shape index (κ1) is 27.7. The van der Waals surface area contributed by atoms with Gasteiger partial charge in [0.25, 0.3) is 0 Å². The van der Waals surface area contributed by atoms with Gasteiger partial charge in [0.05, 0.1) is 36.1 Å². The molecule has 0 amide bonds. The maximum absolute atomic E-state index is 14.0. The molecule has 2 heterocycles. The number of ether oxygens (including phenoxy) is 1. The molecule has 0 spiro atoms. The van der Waals surface area contributed by atoms with Crippen LogP contribution in [0, 0.1) is 5.82 Å². The molecule has 0 atom stereocenters. The highest BCUT2D eigenvalue weighted by Gasteiger charge is 2.09. The number of aromatic hydroxyl groups is 1. The highest BCUT2D eigenvalue weighted by Crippen LogP contribution is 2.31. The molecular weight excluding hydrogens is 521 g/mol. The predicted octanol–water partition coefficient (Wildman–Crippen LogP) is 6.24. The number of pyridine rings is 1. The molecule has 4 rings (SSSR count). The van der Waals surface area contributed by atoms with Gasteiger partial charge in [-0.1, -0.05) is 30.7 Å². The van der Waals surface area contributed by atoms with Crippen LogP contribution in [0.2, 0.25) is 5.02 Å². The van der Waals surface area contributed by atoms with Gasteiger partial charge >= 0.3 is 0 Å². The number of nitrogens with one attached hydrogen (secondary N) is 3. The summed E-state index contributed by atoms with van der Waals surface area (Å²) in [6, 6.07) is 16.4. The van der Waals surface area contributed by atoms with Crippen LogP contribution in [-0.2, 0) is 11.2 Å². The van der Waals surface area contributed by atoms with Gasteiger partial charge in [0.1, 0.15) is 5.75 Å². The first-order chi connectivity index (χ1) is 18.9. The Labute approximate surface area is 231 Å². The van der Waals surface area contributed by atoms with Crippen molar-refractivity contribution in [1.82, 2.24) is 15.0 Å². The quantitative estimate of drug-likeness (QED) is 0.0932. The zero-order chi connectivity index (χ0) is 27.6. The molecule has 0 saturated heterocycles. The number of hydrogen-bond donors (Lipinski definition) is 4. The molecule has 0 fully saturated rings. The van der Waals surface area contributed by atoms with Gasteiger partial charge in [0.15, 0.2) is 11.6 Å². The molecule has 0 bridgehead atoms. The number of benzene rings is 2. The van der Waals surface area contributed by atoms with Gasteiger partial charge in [0, 0.05) is 23.9 Å². The van der Waals surface area contributed by atoms with Crippen LogP contribution in [0.25, 0.3) is 11.1 Å². The number of phenolic OH excluding ortho intramolecular Hbond substituents is 1. The summed E-state index contributed by atoms with van der Waals surface area (Å²) in [6.45, 7) is 5.34. The number of nitrogens with zero attached hydrogens (tertiary/aromatic N) is 4. The van der Waals surface area contributed by atoms with Crippen molar-refractivity contribution < 1.29 is 14.2 Å². The van der Waals surface area contributed by atoms with Gasteiger partial charge in [-0.2, -0.15) is 10.1 Å². The standard InChI is InChI=1S/C28H29ClFN7O2/c1-3-25-26(35-22-13-19(12-20(29)15-22)18-6-5-7-23(38)14-18)9-8-21(34-25)16-33-37-28-32-17-24(30)27(36-28)31-10-11-39-4-2/h5-9,12-17,35,38H,3-4,10-11H2,1-2H3,(H2,31,32,36,37)/b33-16+. The lowest BCUT2D eigenvalue weighted by molar-refractivity contribution is 0.158. The summed E-state index contributed by atoms with van der Waals surface area (Å²) in [5.41, 5.74) is 7.50. The third kappa shape index (κ3) is 7.86. The number of hydrazone groups is 1. The summed E-state index contributed by atoms with van der Waals surface area (Å²) >= 11 is 6.39. The molecule has 202 valence electrons. The Morgan fingerprint density at radius 3 is 2.74 bits per heavy atom. The van der Waals surface area contributed by atoms with Crippen LogP contribution in [0.5, 0.6) is 5.75 Å². The Balaban J connectivity index is 1.44. The average molecular weight is 550 g/mol. The van der Waals surface area contributed by atoms with Crippen LogP contribution in [-0.4, -0.2) is 46.0 Å². The Hall–Kier alpha value is -4.28. The number of rotatable bonds is 12. The Morgan fingerprint density at radius 2 is 1.95 bits per heavy atom. The average Bonchev–Trinajstić information content (AvgIpc) is 2.93. The Bertz CT molecular complexity index is 1450. The lowest BCUT2D eigenvalue weighted by Crippen LogP contribution is -2.12. The van der Waals surface area contributed by atoms with E-state index in [1.807, 2.05) is 50.2 Å². The molecule has 4 aromatic rings. The van der Waals surface area contributed by atoms with Crippen molar-refractivity contribution in [2.45, 2.75) is 20.3 Å². The fourth-order valence-corrected chi connectivity index (χ4v) is 3.97. The summed E-state index contributed by atoms with van der Waals surface area (Å²) in [4.78, 5) is 12.7. The zero-order valence-corrected chi connectivity index (χ0v) is 22.3. The summed E-state index contributed by atoms with van der Waals surface area (Å²) in [5.74, 6) is -0.166. The smallest absolute Gasteiger partial charge is 0.245 e. The monoisotopic (exact) mass is 549 g/mol. The molecular formula is C28H29ClFN7O2. The van der Waals surface area contributed by atoms with Gasteiger partial charge in [0.2, 0.25) is 5.95 Å². The van der Waals surface area contributed by atoms with Gasteiger partial charge in [-0.3, -0.25) is 0 Å². The van der Waals surface area contributed by atoms with Crippen molar-refractivity contribution in [2.75, 3.05) is 35.8 Å². The number of aryl methyl sites for hydroxylation is 1. The SMILES string of the molecule is CCOCCNc1nc(N/N=C/c2ccc(Nc3cc(Cl)cc(-c4cccc(O)c4)c3)c(CC)n2)ncc1F. The van der Waals surface area contributed by atoms with E-state index in [1.54, 1.807) is 18.2 Å². The first-order valence-electron chi connectivity index (χ1n) is 12.4. The first-order valence-corrected chi connectivity index (χ1v) is 12.8. The summed E-state index contributed by atoms with van der Waals surface area (Å²) in [5, 5.41) is 20.8. The van der Waals surface area contributed by atoms with Crippen molar-refractivity contribution in [3.8, 4) is 16.9 Å². The van der Waals surface area contributed by atoms with E-state index in [2.05, 4.69) is 36.1 Å². The van der Waals surface area contributed by atoms with Crippen molar-refractivity contribution in [1.29, 1.82) is 0 Å². The minimum absolute atomic E-state index is 0.0671. The van der Waals surface area contributed by atoms with E-state index in [-0.39, 0.29) is 17.5 Å². The number of hydrogen-bond acceptors (Lipinski definition) is 9. The fourth-order valence-electron chi connectivity index (χ4n) is 3.73. The maximum Gasteiger partial charge on any atom is 0.245 e. The molecule has 0 radical (unpaired) electrons. The third-order valence-corrected chi connectivity index (χ3v) is 5.75. The van der Waals surface area contributed by atoms with Crippen LogP contribution in [0.4, 0.5) is 27.5 Å². The highest BCUT2D eigenvalue weighted by atomic mass is 35.5. The summed E-state index contributed by atoms with van der Waals surface area (Å²) in [6.07, 6.45) is 3.29. The van der Waals surface area contributed by atoms with Gasteiger partial charge in [-0.25, -0.2) is 19.8 Å². The van der Waals surface area contributed by atoms with E-state index in [9.17, 15) is 9.50 Å². The topological polar surface area (TPSA) is 117 Å². The molecule has 0 unspecified atom stereocenters. The van der Waals surface area contributed by atoms with Crippen molar-refractivity contribution in [3.05, 3.63) is 83.0 Å². The normalized spacial score (nSPS) is 11.1. The minimum Gasteiger partial charge on any atom is -0.508 e. The van der Waals surface area contributed by atoms with Crippen molar-refractivity contribution >= 4 is 41.0 Å². The molecule has 11 heteroatoms. The van der Waals surface area contributed by atoms with E-state index >= 15 is 0 Å². The fraction of sp³-hybridized carbons (Fsp3) is 0.214. The Morgan fingerprint density at radius 1 is 1.08 bits per heavy atom. The van der Waals surface area contributed by atoms with E-state index in [0.29, 0.717) is 36.9 Å². The van der Waals surface area contributed by atoms with Crippen molar-refractivity contribution in [3.63, 3.8) is 0 Å². The molecule has 0 aliphatic heterocycles. The third-order valence-electron chi connectivity index (χ3n) is 5.54. The predicted molar refractivity (Wildman–Crippen MR) is 154 cm³/mol. The number of halogens is 2. The van der Waals surface area contributed by atoms with Crippen molar-refractivity contribution in [2.24, 2.45) is 5.10 Å².